The summed E-state index contributed by atoms with van der Waals surface area (Å²) >= 11 is 0. The summed E-state index contributed by atoms with van der Waals surface area (Å²) in [4.78, 5) is 26.4. The maximum Gasteiger partial charge on any atom is 0.313 e. The van der Waals surface area contributed by atoms with E-state index in [1.165, 1.54) is 11.0 Å². The molecule has 4 nitrogen and oxygen atoms in total. The molecule has 0 saturated heterocycles. The van der Waals surface area contributed by atoms with Crippen molar-refractivity contribution in [3.63, 3.8) is 0 Å². The summed E-state index contributed by atoms with van der Waals surface area (Å²) in [5.41, 5.74) is 0.955. The van der Waals surface area contributed by atoms with Crippen molar-refractivity contribution in [1.29, 1.82) is 0 Å². The van der Waals surface area contributed by atoms with Crippen LogP contribution in [0.3, 0.4) is 0 Å². The summed E-state index contributed by atoms with van der Waals surface area (Å²) in [6.45, 7) is 3.52. The van der Waals surface area contributed by atoms with E-state index >= 15 is 0 Å². The molecule has 3 rings (SSSR count). The van der Waals surface area contributed by atoms with Gasteiger partial charge in [0.1, 0.15) is 5.92 Å². The van der Waals surface area contributed by atoms with E-state index in [9.17, 15) is 23.5 Å². The van der Waals surface area contributed by atoms with Crippen molar-refractivity contribution < 1.29 is 23.5 Å². The minimum absolute atomic E-state index is 0.253. The van der Waals surface area contributed by atoms with Gasteiger partial charge >= 0.3 is 5.97 Å². The third kappa shape index (κ3) is 2.77. The highest BCUT2D eigenvalue weighted by Gasteiger charge is 2.45. The Labute approximate surface area is 143 Å². The van der Waals surface area contributed by atoms with E-state index in [2.05, 4.69) is 0 Å². The summed E-state index contributed by atoms with van der Waals surface area (Å²) in [6.07, 6.45) is 0. The molecule has 0 spiro atoms. The molecule has 2 unspecified atom stereocenters. The molecule has 130 valence electrons. The zero-order valence-corrected chi connectivity index (χ0v) is 13.7. The SMILES string of the molecule is CC(C)N1C(=O)c2ccccc2C(C(=O)O)C1c1ccc(F)c(F)c1. The van der Waals surface area contributed by atoms with Gasteiger partial charge in [0.25, 0.3) is 5.91 Å². The standard InChI is InChI=1S/C19H17F2NO3/c1-10(2)22-17(11-7-8-14(20)15(21)9-11)16(19(24)25)12-5-3-4-6-13(12)18(22)23/h3-10,16-17H,1-2H3,(H,24,25). The van der Waals surface area contributed by atoms with Crippen LogP contribution in [0.1, 0.15) is 47.3 Å². The Morgan fingerprint density at radius 3 is 2.40 bits per heavy atom. The van der Waals surface area contributed by atoms with E-state index in [4.69, 9.17) is 0 Å². The Kier molecular flexibility index (Phi) is 4.29. The van der Waals surface area contributed by atoms with Crippen molar-refractivity contribution >= 4 is 11.9 Å². The van der Waals surface area contributed by atoms with Crippen LogP contribution in [0.15, 0.2) is 42.5 Å². The lowest BCUT2D eigenvalue weighted by Gasteiger charge is -2.43. The summed E-state index contributed by atoms with van der Waals surface area (Å²) in [6, 6.07) is 8.52. The molecule has 0 saturated carbocycles. The molecule has 25 heavy (non-hydrogen) atoms. The summed E-state index contributed by atoms with van der Waals surface area (Å²) < 4.78 is 27.1. The number of hydrogen-bond acceptors (Lipinski definition) is 2. The highest BCUT2D eigenvalue weighted by atomic mass is 19.2. The highest BCUT2D eigenvalue weighted by Crippen LogP contribution is 2.44. The Morgan fingerprint density at radius 2 is 1.80 bits per heavy atom. The van der Waals surface area contributed by atoms with E-state index in [1.54, 1.807) is 38.1 Å². The van der Waals surface area contributed by atoms with Crippen LogP contribution in [0.25, 0.3) is 0 Å². The molecule has 2 atom stereocenters. The molecule has 6 heteroatoms. The number of halogens is 2. The lowest BCUT2D eigenvalue weighted by molar-refractivity contribution is -0.140. The van der Waals surface area contributed by atoms with Crippen molar-refractivity contribution in [2.45, 2.75) is 31.8 Å². The zero-order valence-electron chi connectivity index (χ0n) is 13.7. The average molecular weight is 345 g/mol. The molecule has 0 aliphatic carbocycles. The van der Waals surface area contributed by atoms with Crippen LogP contribution in [0.5, 0.6) is 0 Å². The van der Waals surface area contributed by atoms with Crippen LogP contribution < -0.4 is 0 Å². The zero-order chi connectivity index (χ0) is 18.3. The second kappa shape index (κ2) is 6.27. The van der Waals surface area contributed by atoms with Crippen molar-refractivity contribution in [1.82, 2.24) is 4.90 Å². The van der Waals surface area contributed by atoms with Gasteiger partial charge in [0, 0.05) is 11.6 Å². The maximum absolute atomic E-state index is 13.8. The number of carbonyl (C=O) groups is 2. The Morgan fingerprint density at radius 1 is 1.12 bits per heavy atom. The van der Waals surface area contributed by atoms with Gasteiger partial charge in [-0.1, -0.05) is 24.3 Å². The second-order valence-electron chi connectivity index (χ2n) is 6.33. The minimum atomic E-state index is -1.12. The normalized spacial score (nSPS) is 19.9. The number of nitrogens with zero attached hydrogens (tertiary/aromatic N) is 1. The molecule has 2 aromatic rings. The smallest absolute Gasteiger partial charge is 0.313 e. The molecule has 0 fully saturated rings. The molecule has 0 radical (unpaired) electrons. The average Bonchev–Trinajstić information content (AvgIpc) is 2.56. The minimum Gasteiger partial charge on any atom is -0.481 e. The monoisotopic (exact) mass is 345 g/mol. The fourth-order valence-electron chi connectivity index (χ4n) is 3.43. The number of aliphatic carboxylic acids is 1. The molecule has 1 aliphatic rings. The molecular formula is C19H17F2NO3. The lowest BCUT2D eigenvalue weighted by atomic mass is 9.79. The third-order valence-electron chi connectivity index (χ3n) is 4.48. The van der Waals surface area contributed by atoms with Gasteiger partial charge in [-0.3, -0.25) is 9.59 Å². The van der Waals surface area contributed by atoms with E-state index in [1.807, 2.05) is 0 Å². The highest BCUT2D eigenvalue weighted by molar-refractivity contribution is 6.00. The summed E-state index contributed by atoms with van der Waals surface area (Å²) in [5, 5.41) is 9.82. The van der Waals surface area contributed by atoms with Crippen molar-refractivity contribution in [2.75, 3.05) is 0 Å². The van der Waals surface area contributed by atoms with Gasteiger partial charge in [-0.05, 0) is 43.2 Å². The van der Waals surface area contributed by atoms with E-state index < -0.39 is 29.6 Å². The largest absolute Gasteiger partial charge is 0.481 e. The Bertz CT molecular complexity index is 850. The van der Waals surface area contributed by atoms with E-state index in [-0.39, 0.29) is 17.5 Å². The second-order valence-corrected chi connectivity index (χ2v) is 6.33. The lowest BCUT2D eigenvalue weighted by Crippen LogP contribution is -2.48. The molecule has 1 N–H and O–H groups in total. The molecule has 1 amide bonds. The number of benzene rings is 2. The van der Waals surface area contributed by atoms with Crippen LogP contribution in [0, 0.1) is 11.6 Å². The van der Waals surface area contributed by atoms with Gasteiger partial charge in [-0.25, -0.2) is 8.78 Å². The number of carboxylic acid groups (broad SMARTS) is 1. The molecular weight excluding hydrogens is 328 g/mol. The molecule has 0 aromatic heterocycles. The number of carboxylic acids is 1. The van der Waals surface area contributed by atoms with Crippen LogP contribution in [-0.2, 0) is 4.79 Å². The summed E-state index contributed by atoms with van der Waals surface area (Å²) in [7, 11) is 0. The number of carbonyl (C=O) groups excluding carboxylic acids is 1. The molecule has 1 heterocycles. The fraction of sp³-hybridized carbons (Fsp3) is 0.263. The van der Waals surface area contributed by atoms with Gasteiger partial charge in [0.2, 0.25) is 0 Å². The molecule has 1 aliphatic heterocycles. The number of hydrogen-bond donors (Lipinski definition) is 1. The van der Waals surface area contributed by atoms with Gasteiger partial charge in [0.05, 0.1) is 6.04 Å². The quantitative estimate of drug-likeness (QED) is 0.922. The first kappa shape index (κ1) is 17.1. The van der Waals surface area contributed by atoms with Crippen LogP contribution >= 0.6 is 0 Å². The molecule has 2 aromatic carbocycles. The van der Waals surface area contributed by atoms with Crippen LogP contribution in [0.4, 0.5) is 8.78 Å². The summed E-state index contributed by atoms with van der Waals surface area (Å²) in [5.74, 6) is -4.61. The van der Waals surface area contributed by atoms with E-state index in [0.29, 0.717) is 11.1 Å². The van der Waals surface area contributed by atoms with Crippen molar-refractivity contribution in [3.8, 4) is 0 Å². The van der Waals surface area contributed by atoms with Gasteiger partial charge in [-0.15, -0.1) is 0 Å². The predicted octanol–water partition coefficient (Wildman–Crippen LogP) is 3.74. The Hall–Kier alpha value is -2.76. The number of rotatable bonds is 3. The fourth-order valence-corrected chi connectivity index (χ4v) is 3.43. The van der Waals surface area contributed by atoms with Gasteiger partial charge in [0.15, 0.2) is 11.6 Å². The van der Waals surface area contributed by atoms with Crippen molar-refractivity contribution in [2.24, 2.45) is 0 Å². The van der Waals surface area contributed by atoms with Gasteiger partial charge in [-0.2, -0.15) is 0 Å². The third-order valence-corrected chi connectivity index (χ3v) is 4.48. The first-order valence-corrected chi connectivity index (χ1v) is 7.92. The Balaban J connectivity index is 2.26. The maximum atomic E-state index is 13.8. The number of fused-ring (bicyclic) bond motifs is 1. The number of amides is 1. The van der Waals surface area contributed by atoms with E-state index in [0.717, 1.165) is 12.1 Å². The van der Waals surface area contributed by atoms with Crippen molar-refractivity contribution in [3.05, 3.63) is 70.8 Å². The first-order chi connectivity index (χ1) is 11.8. The van der Waals surface area contributed by atoms with Gasteiger partial charge < -0.3 is 10.0 Å². The van der Waals surface area contributed by atoms with Crippen LogP contribution in [0.2, 0.25) is 0 Å². The molecule has 0 bridgehead atoms. The predicted molar refractivity (Wildman–Crippen MR) is 87.2 cm³/mol. The topological polar surface area (TPSA) is 57.6 Å². The van der Waals surface area contributed by atoms with Crippen LogP contribution in [-0.4, -0.2) is 27.9 Å². The first-order valence-electron chi connectivity index (χ1n) is 7.92.